The van der Waals surface area contributed by atoms with Gasteiger partial charge in [-0.1, -0.05) is 42.3 Å². The minimum absolute atomic E-state index is 0.0788. The molecule has 1 aliphatic heterocycles. The third kappa shape index (κ3) is 5.09. The highest BCUT2D eigenvalue weighted by molar-refractivity contribution is 6.30. The molecule has 1 saturated heterocycles. The summed E-state index contributed by atoms with van der Waals surface area (Å²) in [5.74, 6) is -0.194. The Bertz CT molecular complexity index is 1090. The number of nitrogens with one attached hydrogen (secondary N) is 1. The van der Waals surface area contributed by atoms with Crippen LogP contribution in [0.2, 0.25) is 5.02 Å². The molecule has 160 valence electrons. The Hall–Kier alpha value is -2.83. The third-order valence-electron chi connectivity index (χ3n) is 5.55. The second-order valence-corrected chi connectivity index (χ2v) is 8.21. The number of likely N-dealkylation sites (tertiary alicyclic amines) is 1. The van der Waals surface area contributed by atoms with Gasteiger partial charge >= 0.3 is 0 Å². The number of rotatable bonds is 5. The third-order valence-corrected chi connectivity index (χ3v) is 5.79. The Kier molecular flexibility index (Phi) is 6.59. The molecule has 1 fully saturated rings. The van der Waals surface area contributed by atoms with Crippen LogP contribution < -0.4 is 5.32 Å². The fourth-order valence-corrected chi connectivity index (χ4v) is 4.18. The molecule has 2 aromatic carbocycles. The number of para-hydroxylation sites is 1. The Morgan fingerprint density at radius 3 is 2.84 bits per heavy atom. The zero-order valence-corrected chi connectivity index (χ0v) is 18.1. The molecule has 0 unspecified atom stereocenters. The molecule has 1 amide bonds. The van der Waals surface area contributed by atoms with E-state index in [1.165, 1.54) is 12.1 Å². The van der Waals surface area contributed by atoms with Gasteiger partial charge in [0.15, 0.2) is 0 Å². The van der Waals surface area contributed by atoms with E-state index in [4.69, 9.17) is 11.6 Å². The Morgan fingerprint density at radius 2 is 2.06 bits per heavy atom. The van der Waals surface area contributed by atoms with Gasteiger partial charge in [0.1, 0.15) is 11.6 Å². The van der Waals surface area contributed by atoms with Crippen LogP contribution in [-0.2, 0) is 6.54 Å². The molecule has 7 heteroatoms. The zero-order valence-electron chi connectivity index (χ0n) is 17.3. The number of piperidine rings is 1. The number of hydrogen-bond donors (Lipinski definition) is 1. The lowest BCUT2D eigenvalue weighted by atomic mass is 10.00. The van der Waals surface area contributed by atoms with Crippen LogP contribution in [0.1, 0.15) is 52.7 Å². The highest BCUT2D eigenvalue weighted by Gasteiger charge is 2.27. The summed E-state index contributed by atoms with van der Waals surface area (Å²) >= 11 is 6.15. The van der Waals surface area contributed by atoms with Crippen molar-refractivity contribution < 1.29 is 9.18 Å². The van der Waals surface area contributed by atoms with E-state index in [0.29, 0.717) is 17.1 Å². The van der Waals surface area contributed by atoms with Crippen molar-refractivity contribution in [3.8, 4) is 0 Å². The van der Waals surface area contributed by atoms with Gasteiger partial charge in [-0.05, 0) is 56.1 Å². The van der Waals surface area contributed by atoms with Crippen molar-refractivity contribution in [2.24, 2.45) is 0 Å². The molecule has 0 aliphatic carbocycles. The first kappa shape index (κ1) is 21.4. The molecular formula is C24H24ClFN4O. The number of nitrogens with zero attached hydrogens (tertiary/aromatic N) is 3. The van der Waals surface area contributed by atoms with Crippen molar-refractivity contribution in [2.45, 2.75) is 38.8 Å². The molecule has 1 aromatic heterocycles. The van der Waals surface area contributed by atoms with Gasteiger partial charge in [-0.3, -0.25) is 9.69 Å². The van der Waals surface area contributed by atoms with Gasteiger partial charge in [-0.2, -0.15) is 0 Å². The number of carbonyl (C=O) groups excluding carboxylic acids is 1. The van der Waals surface area contributed by atoms with E-state index in [0.717, 1.165) is 42.9 Å². The van der Waals surface area contributed by atoms with Crippen molar-refractivity contribution in [1.82, 2.24) is 14.9 Å². The number of aryl methyl sites for hydroxylation is 1. The summed E-state index contributed by atoms with van der Waals surface area (Å²) < 4.78 is 13.9. The Morgan fingerprint density at radius 1 is 1.23 bits per heavy atom. The van der Waals surface area contributed by atoms with Gasteiger partial charge in [0.25, 0.3) is 5.91 Å². The maximum absolute atomic E-state index is 13.9. The van der Waals surface area contributed by atoms with Crippen LogP contribution in [-0.4, -0.2) is 27.3 Å². The van der Waals surface area contributed by atoms with Crippen molar-refractivity contribution in [3.63, 3.8) is 0 Å². The van der Waals surface area contributed by atoms with Crippen LogP contribution in [0, 0.1) is 12.7 Å². The first-order chi connectivity index (χ1) is 15.0. The van der Waals surface area contributed by atoms with Crippen LogP contribution >= 0.6 is 11.6 Å². The monoisotopic (exact) mass is 438 g/mol. The van der Waals surface area contributed by atoms with Gasteiger partial charge in [0, 0.05) is 17.8 Å². The van der Waals surface area contributed by atoms with Crippen molar-refractivity contribution in [2.75, 3.05) is 11.9 Å². The molecular weight excluding hydrogens is 415 g/mol. The lowest BCUT2D eigenvalue weighted by Gasteiger charge is -2.34. The number of aromatic nitrogens is 2. The number of amides is 1. The molecule has 1 N–H and O–H groups in total. The summed E-state index contributed by atoms with van der Waals surface area (Å²) in [6.07, 6.45) is 4.73. The molecule has 4 rings (SSSR count). The van der Waals surface area contributed by atoms with Crippen LogP contribution in [0.4, 0.5) is 10.1 Å². The van der Waals surface area contributed by atoms with Gasteiger partial charge in [0.05, 0.1) is 23.0 Å². The second-order valence-electron chi connectivity index (χ2n) is 7.77. The van der Waals surface area contributed by atoms with E-state index in [1.54, 1.807) is 25.3 Å². The minimum Gasteiger partial charge on any atom is -0.319 e. The molecule has 0 saturated carbocycles. The molecule has 31 heavy (non-hydrogen) atoms. The van der Waals surface area contributed by atoms with E-state index in [2.05, 4.69) is 26.3 Å². The van der Waals surface area contributed by atoms with Crippen LogP contribution in [0.5, 0.6) is 0 Å². The highest BCUT2D eigenvalue weighted by atomic mass is 35.5. The SMILES string of the molecule is Cc1nc([C@H]2CCCCN2Cc2cccc(Cl)c2)ncc1C(=O)Nc1ccccc1F. The van der Waals surface area contributed by atoms with Crippen molar-refractivity contribution >= 4 is 23.2 Å². The topological polar surface area (TPSA) is 58.1 Å². The number of halogens is 2. The molecule has 1 atom stereocenters. The van der Waals surface area contributed by atoms with Gasteiger partial charge in [-0.15, -0.1) is 0 Å². The van der Waals surface area contributed by atoms with E-state index in [9.17, 15) is 9.18 Å². The number of benzene rings is 2. The average molecular weight is 439 g/mol. The average Bonchev–Trinajstić information content (AvgIpc) is 2.75. The minimum atomic E-state index is -0.482. The quantitative estimate of drug-likeness (QED) is 0.566. The molecule has 5 nitrogen and oxygen atoms in total. The van der Waals surface area contributed by atoms with Crippen LogP contribution in [0.15, 0.2) is 54.7 Å². The summed E-state index contributed by atoms with van der Waals surface area (Å²) in [5.41, 5.74) is 2.20. The first-order valence-corrected chi connectivity index (χ1v) is 10.8. The van der Waals surface area contributed by atoms with Crippen molar-refractivity contribution in [3.05, 3.63) is 88.2 Å². The molecule has 3 aromatic rings. The smallest absolute Gasteiger partial charge is 0.259 e. The van der Waals surface area contributed by atoms with E-state index in [1.807, 2.05) is 18.2 Å². The van der Waals surface area contributed by atoms with Crippen molar-refractivity contribution in [1.29, 1.82) is 0 Å². The fourth-order valence-electron chi connectivity index (χ4n) is 3.96. The normalized spacial score (nSPS) is 16.8. The molecule has 0 bridgehead atoms. The second kappa shape index (κ2) is 9.54. The number of anilines is 1. The standard InChI is InChI=1S/C24H24ClFN4O/c1-16-19(24(31)29-21-10-3-2-9-20(21)26)14-27-23(28-16)22-11-4-5-12-30(22)15-17-7-6-8-18(25)13-17/h2-3,6-10,13-14,22H,4-5,11-12,15H2,1H3,(H,29,31)/t22-/m1/s1. The zero-order chi connectivity index (χ0) is 21.8. The summed E-state index contributed by atoms with van der Waals surface area (Å²) in [6, 6.07) is 14.0. The van der Waals surface area contributed by atoms with Gasteiger partial charge in [-0.25, -0.2) is 14.4 Å². The summed E-state index contributed by atoms with van der Waals surface area (Å²) in [7, 11) is 0. The summed E-state index contributed by atoms with van der Waals surface area (Å²) in [6.45, 7) is 3.50. The molecule has 2 heterocycles. The van der Waals surface area contributed by atoms with Crippen LogP contribution in [0.3, 0.4) is 0 Å². The van der Waals surface area contributed by atoms with E-state index in [-0.39, 0.29) is 11.7 Å². The van der Waals surface area contributed by atoms with Crippen LogP contribution in [0.25, 0.3) is 0 Å². The number of carbonyl (C=O) groups is 1. The molecule has 1 aliphatic rings. The van der Waals surface area contributed by atoms with E-state index < -0.39 is 11.7 Å². The lowest BCUT2D eigenvalue weighted by molar-refractivity contribution is 0.102. The largest absolute Gasteiger partial charge is 0.319 e. The molecule has 0 radical (unpaired) electrons. The highest BCUT2D eigenvalue weighted by Crippen LogP contribution is 2.31. The van der Waals surface area contributed by atoms with Gasteiger partial charge in [0.2, 0.25) is 0 Å². The predicted molar refractivity (Wildman–Crippen MR) is 120 cm³/mol. The Balaban J connectivity index is 1.53. The maximum Gasteiger partial charge on any atom is 0.259 e. The van der Waals surface area contributed by atoms with Gasteiger partial charge < -0.3 is 5.32 Å². The summed E-state index contributed by atoms with van der Waals surface area (Å²) in [4.78, 5) is 24.2. The number of hydrogen-bond acceptors (Lipinski definition) is 4. The molecule has 0 spiro atoms. The Labute approximate surface area is 186 Å². The van der Waals surface area contributed by atoms with E-state index >= 15 is 0 Å². The fraction of sp³-hybridized carbons (Fsp3) is 0.292. The summed E-state index contributed by atoms with van der Waals surface area (Å²) in [5, 5.41) is 3.32. The lowest BCUT2D eigenvalue weighted by Crippen LogP contribution is -2.34. The first-order valence-electron chi connectivity index (χ1n) is 10.4. The maximum atomic E-state index is 13.9. The predicted octanol–water partition coefficient (Wildman–Crippen LogP) is 5.56.